The summed E-state index contributed by atoms with van der Waals surface area (Å²) in [6, 6.07) is 7.97. The van der Waals surface area contributed by atoms with Crippen molar-refractivity contribution in [2.75, 3.05) is 7.11 Å². The molecule has 26 heavy (non-hydrogen) atoms. The summed E-state index contributed by atoms with van der Waals surface area (Å²) in [6.45, 7) is 13.8. The van der Waals surface area contributed by atoms with Crippen molar-refractivity contribution in [1.82, 2.24) is 0 Å². The van der Waals surface area contributed by atoms with Gasteiger partial charge in [0.15, 0.2) is 8.32 Å². The monoisotopic (exact) mass is 376 g/mol. The van der Waals surface area contributed by atoms with Crippen LogP contribution in [0.15, 0.2) is 24.3 Å². The molecule has 3 fully saturated rings. The van der Waals surface area contributed by atoms with Gasteiger partial charge in [0.1, 0.15) is 5.75 Å². The highest BCUT2D eigenvalue weighted by Gasteiger charge is 2.59. The standard InChI is InChI=1S/C22H36O3Si/c1-20(2,3)26(6,7)25-19-14-21(4)13-12-17(19)22(23,15-21)16-10-8-9-11-18(16)24-5/h8-11,17,19,23H,12-15H2,1-7H3/t17-,19+,21+,22+/m1/s1. The fourth-order valence-electron chi connectivity index (χ4n) is 4.88. The maximum absolute atomic E-state index is 11.9. The second-order valence-corrected chi connectivity index (χ2v) is 15.1. The molecule has 4 heteroatoms. The summed E-state index contributed by atoms with van der Waals surface area (Å²) in [7, 11) is -0.201. The van der Waals surface area contributed by atoms with Gasteiger partial charge >= 0.3 is 0 Å². The van der Waals surface area contributed by atoms with Crippen LogP contribution < -0.4 is 4.74 Å². The molecule has 3 aliphatic carbocycles. The maximum atomic E-state index is 11.9. The number of benzene rings is 1. The molecule has 2 bridgehead atoms. The summed E-state index contributed by atoms with van der Waals surface area (Å²) >= 11 is 0. The smallest absolute Gasteiger partial charge is 0.192 e. The van der Waals surface area contributed by atoms with E-state index >= 15 is 0 Å². The Kier molecular flexibility index (Phi) is 4.86. The predicted molar refractivity (Wildman–Crippen MR) is 109 cm³/mol. The molecule has 0 heterocycles. The van der Waals surface area contributed by atoms with Crippen molar-refractivity contribution in [3.05, 3.63) is 29.8 Å². The van der Waals surface area contributed by atoms with Crippen molar-refractivity contribution < 1.29 is 14.3 Å². The highest BCUT2D eigenvalue weighted by molar-refractivity contribution is 6.74. The Morgan fingerprint density at radius 1 is 1.19 bits per heavy atom. The van der Waals surface area contributed by atoms with E-state index in [-0.39, 0.29) is 22.5 Å². The van der Waals surface area contributed by atoms with Crippen molar-refractivity contribution in [1.29, 1.82) is 0 Å². The van der Waals surface area contributed by atoms with Gasteiger partial charge in [0.25, 0.3) is 0 Å². The molecular formula is C22H36O3Si. The maximum Gasteiger partial charge on any atom is 0.192 e. The minimum absolute atomic E-state index is 0.122. The molecule has 3 saturated carbocycles. The number of ether oxygens (including phenoxy) is 1. The van der Waals surface area contributed by atoms with Gasteiger partial charge in [0, 0.05) is 11.5 Å². The zero-order chi connectivity index (χ0) is 19.4. The van der Waals surface area contributed by atoms with Crippen molar-refractivity contribution in [3.63, 3.8) is 0 Å². The van der Waals surface area contributed by atoms with Crippen LogP contribution in [0.25, 0.3) is 0 Å². The molecule has 0 radical (unpaired) electrons. The Hall–Kier alpha value is -0.843. The Morgan fingerprint density at radius 3 is 2.42 bits per heavy atom. The van der Waals surface area contributed by atoms with Gasteiger partial charge in [-0.05, 0) is 55.3 Å². The van der Waals surface area contributed by atoms with E-state index in [4.69, 9.17) is 9.16 Å². The van der Waals surface area contributed by atoms with Gasteiger partial charge in [-0.3, -0.25) is 0 Å². The molecule has 1 aromatic carbocycles. The zero-order valence-corrected chi connectivity index (χ0v) is 18.6. The van der Waals surface area contributed by atoms with Crippen molar-refractivity contribution in [2.24, 2.45) is 11.3 Å². The quantitative estimate of drug-likeness (QED) is 0.707. The van der Waals surface area contributed by atoms with Crippen molar-refractivity contribution in [2.45, 2.75) is 83.2 Å². The van der Waals surface area contributed by atoms with Crippen LogP contribution in [0.2, 0.25) is 18.1 Å². The lowest BCUT2D eigenvalue weighted by molar-refractivity contribution is -0.181. The van der Waals surface area contributed by atoms with Crippen LogP contribution in [0, 0.1) is 11.3 Å². The summed E-state index contributed by atoms with van der Waals surface area (Å²) in [5, 5.41) is 12.1. The molecule has 1 N–H and O–H groups in total. The molecule has 0 amide bonds. The first-order valence-electron chi connectivity index (χ1n) is 9.96. The van der Waals surface area contributed by atoms with Gasteiger partial charge in [-0.15, -0.1) is 0 Å². The van der Waals surface area contributed by atoms with Crippen LogP contribution >= 0.6 is 0 Å². The van der Waals surface area contributed by atoms with Gasteiger partial charge < -0.3 is 14.3 Å². The third-order valence-corrected chi connectivity index (χ3v) is 11.8. The first-order chi connectivity index (χ1) is 11.9. The molecule has 3 aliphatic rings. The second-order valence-electron chi connectivity index (χ2n) is 10.4. The third kappa shape index (κ3) is 3.25. The van der Waals surface area contributed by atoms with Crippen LogP contribution in [0.1, 0.15) is 58.9 Å². The van der Waals surface area contributed by atoms with Gasteiger partial charge in [-0.25, -0.2) is 0 Å². The van der Waals surface area contributed by atoms with Crippen LogP contribution in [0.4, 0.5) is 0 Å². The average Bonchev–Trinajstić information content (AvgIpc) is 2.52. The molecule has 0 aliphatic heterocycles. The highest BCUT2D eigenvalue weighted by atomic mass is 28.4. The molecule has 1 aromatic rings. The molecule has 4 rings (SSSR count). The average molecular weight is 377 g/mol. The topological polar surface area (TPSA) is 38.7 Å². The van der Waals surface area contributed by atoms with E-state index in [1.165, 1.54) is 6.42 Å². The zero-order valence-electron chi connectivity index (χ0n) is 17.6. The van der Waals surface area contributed by atoms with Gasteiger partial charge in [-0.1, -0.05) is 45.9 Å². The molecule has 146 valence electrons. The molecule has 4 atom stereocenters. The van der Waals surface area contributed by atoms with Crippen LogP contribution in [0.5, 0.6) is 5.75 Å². The Balaban J connectivity index is 1.99. The van der Waals surface area contributed by atoms with E-state index in [1.807, 2.05) is 24.3 Å². The van der Waals surface area contributed by atoms with Crippen LogP contribution in [0.3, 0.4) is 0 Å². The third-order valence-electron chi connectivity index (χ3n) is 7.34. The van der Waals surface area contributed by atoms with E-state index in [0.29, 0.717) is 0 Å². The normalized spacial score (nSPS) is 34.8. The predicted octanol–water partition coefficient (Wildman–Crippen LogP) is 5.48. The van der Waals surface area contributed by atoms with Crippen molar-refractivity contribution in [3.8, 4) is 5.75 Å². The minimum atomic E-state index is -1.89. The van der Waals surface area contributed by atoms with E-state index in [1.54, 1.807) is 7.11 Å². The minimum Gasteiger partial charge on any atom is -0.496 e. The molecule has 0 aromatic heterocycles. The highest BCUT2D eigenvalue weighted by Crippen LogP contribution is 2.61. The Labute approximate surface area is 160 Å². The van der Waals surface area contributed by atoms with E-state index in [2.05, 4.69) is 40.8 Å². The van der Waals surface area contributed by atoms with E-state index in [0.717, 1.165) is 30.6 Å². The summed E-state index contributed by atoms with van der Waals surface area (Å²) in [6.07, 6.45) is 4.17. The van der Waals surface area contributed by atoms with Crippen LogP contribution in [-0.2, 0) is 10.0 Å². The molecule has 0 spiro atoms. The van der Waals surface area contributed by atoms with Crippen LogP contribution in [-0.4, -0.2) is 26.6 Å². The summed E-state index contributed by atoms with van der Waals surface area (Å²) in [5.74, 6) is 0.923. The van der Waals surface area contributed by atoms with Gasteiger partial charge in [-0.2, -0.15) is 0 Å². The number of para-hydroxylation sites is 1. The fraction of sp³-hybridized carbons (Fsp3) is 0.727. The van der Waals surface area contributed by atoms with Gasteiger partial charge in [0.05, 0.1) is 18.8 Å². The second kappa shape index (κ2) is 6.35. The molecule has 3 nitrogen and oxygen atoms in total. The largest absolute Gasteiger partial charge is 0.496 e. The number of aliphatic hydroxyl groups is 1. The summed E-state index contributed by atoms with van der Waals surface area (Å²) < 4.78 is 12.5. The lowest BCUT2D eigenvalue weighted by Gasteiger charge is -2.59. The number of rotatable bonds is 4. The fourth-order valence-corrected chi connectivity index (χ4v) is 6.24. The van der Waals surface area contributed by atoms with E-state index in [9.17, 15) is 5.11 Å². The van der Waals surface area contributed by atoms with Gasteiger partial charge in [0.2, 0.25) is 0 Å². The summed E-state index contributed by atoms with van der Waals surface area (Å²) in [5.41, 5.74) is 0.185. The number of fused-ring (bicyclic) bond motifs is 3. The lowest BCUT2D eigenvalue weighted by atomic mass is 9.52. The number of methoxy groups -OCH3 is 1. The Morgan fingerprint density at radius 2 is 1.85 bits per heavy atom. The molecule has 0 unspecified atom stereocenters. The number of hydrogen-bond donors (Lipinski definition) is 1. The van der Waals surface area contributed by atoms with E-state index < -0.39 is 13.9 Å². The Bertz CT molecular complexity index is 666. The molecular weight excluding hydrogens is 340 g/mol. The lowest BCUT2D eigenvalue weighted by Crippen LogP contribution is -2.59. The SMILES string of the molecule is COc1ccccc1[C@@]1(O)C[C@@]2(C)CC[C@@H]1[C@@H](O[Si](C)(C)C(C)(C)C)C2. The summed E-state index contributed by atoms with van der Waals surface area (Å²) in [4.78, 5) is 0. The number of hydrogen-bond acceptors (Lipinski definition) is 3. The first-order valence-corrected chi connectivity index (χ1v) is 12.9. The molecule has 0 saturated heterocycles. The van der Waals surface area contributed by atoms with Crippen molar-refractivity contribution >= 4 is 8.32 Å². The first kappa shape index (κ1) is 19.9.